The van der Waals surface area contributed by atoms with Crippen LogP contribution in [-0.2, 0) is 4.79 Å². The average Bonchev–Trinajstić information content (AvgIpc) is 2.79. The molecule has 1 aromatic heterocycles. The van der Waals surface area contributed by atoms with Gasteiger partial charge in [-0.2, -0.15) is 5.26 Å². The van der Waals surface area contributed by atoms with Gasteiger partial charge in [0.1, 0.15) is 17.3 Å². The third-order valence-corrected chi connectivity index (χ3v) is 5.18. The molecule has 0 unspecified atom stereocenters. The Morgan fingerprint density at radius 3 is 2.48 bits per heavy atom. The fourth-order valence-electron chi connectivity index (χ4n) is 2.86. The fraction of sp³-hybridized carbons (Fsp3) is 0.200. The van der Waals surface area contributed by atoms with E-state index < -0.39 is 17.3 Å². The molecule has 7 nitrogen and oxygen atoms in total. The van der Waals surface area contributed by atoms with E-state index in [0.29, 0.717) is 16.9 Å². The number of amides is 1. The maximum absolute atomic E-state index is 14.2. The Labute approximate surface area is 192 Å². The standard InChI is InChI=1S/C25H25FN6O/c1-25(2,32(3)4)14-18(15-27)23(33)29-19-11-8-12-20(13-19)30-24-28-16-21(26)22(31-24)17-9-6-5-7-10-17/h5-14,16H,1-4H3,(H,29,33)(H,28,30,31)/b18-14+. The molecular weight excluding hydrogens is 419 g/mol. The van der Waals surface area contributed by atoms with E-state index in [-0.39, 0.29) is 17.2 Å². The number of nitrogens with zero attached hydrogens (tertiary/aromatic N) is 4. The van der Waals surface area contributed by atoms with Gasteiger partial charge < -0.3 is 15.5 Å². The zero-order chi connectivity index (χ0) is 24.0. The van der Waals surface area contributed by atoms with Gasteiger partial charge in [0.05, 0.1) is 6.20 Å². The quantitative estimate of drug-likeness (QED) is 0.403. The van der Waals surface area contributed by atoms with Crippen molar-refractivity contribution in [2.24, 2.45) is 0 Å². The molecular formula is C25H25FN6O. The molecule has 168 valence electrons. The molecule has 33 heavy (non-hydrogen) atoms. The predicted molar refractivity (Wildman–Crippen MR) is 127 cm³/mol. The average molecular weight is 445 g/mol. The van der Waals surface area contributed by atoms with Crippen LogP contribution in [0, 0.1) is 17.1 Å². The molecule has 2 N–H and O–H groups in total. The minimum Gasteiger partial charge on any atom is -0.324 e. The van der Waals surface area contributed by atoms with Crippen LogP contribution < -0.4 is 10.6 Å². The Balaban J connectivity index is 1.79. The van der Waals surface area contributed by atoms with E-state index in [4.69, 9.17) is 0 Å². The van der Waals surface area contributed by atoms with Gasteiger partial charge in [-0.25, -0.2) is 14.4 Å². The Kier molecular flexibility index (Phi) is 7.16. The number of benzene rings is 2. The summed E-state index contributed by atoms with van der Waals surface area (Å²) in [5.74, 6) is -0.817. The maximum atomic E-state index is 14.2. The lowest BCUT2D eigenvalue weighted by Gasteiger charge is -2.29. The number of likely N-dealkylation sites (N-methyl/N-ethyl adjacent to an activating group) is 1. The summed E-state index contributed by atoms with van der Waals surface area (Å²) in [4.78, 5) is 22.8. The summed E-state index contributed by atoms with van der Waals surface area (Å²) in [5.41, 5.74) is 1.44. The number of hydrogen-bond donors (Lipinski definition) is 2. The second-order valence-corrected chi connectivity index (χ2v) is 8.13. The van der Waals surface area contributed by atoms with Crippen molar-refractivity contribution in [3.63, 3.8) is 0 Å². The number of anilines is 3. The van der Waals surface area contributed by atoms with Gasteiger partial charge in [-0.3, -0.25) is 4.79 Å². The molecule has 3 rings (SSSR count). The van der Waals surface area contributed by atoms with Crippen LogP contribution in [0.2, 0.25) is 0 Å². The van der Waals surface area contributed by atoms with Crippen molar-refractivity contribution in [3.05, 3.63) is 78.3 Å². The predicted octanol–water partition coefficient (Wildman–Crippen LogP) is 4.75. The molecule has 0 aliphatic heterocycles. The summed E-state index contributed by atoms with van der Waals surface area (Å²) in [6, 6.07) is 17.8. The van der Waals surface area contributed by atoms with Gasteiger partial charge in [0, 0.05) is 22.5 Å². The summed E-state index contributed by atoms with van der Waals surface area (Å²) < 4.78 is 14.2. The summed E-state index contributed by atoms with van der Waals surface area (Å²) in [7, 11) is 3.75. The van der Waals surface area contributed by atoms with Crippen molar-refractivity contribution in [2.45, 2.75) is 19.4 Å². The van der Waals surface area contributed by atoms with E-state index in [1.807, 2.05) is 45.0 Å². The summed E-state index contributed by atoms with van der Waals surface area (Å²) >= 11 is 0. The van der Waals surface area contributed by atoms with Crippen LogP contribution in [0.25, 0.3) is 11.3 Å². The SMILES string of the molecule is CN(C)C(C)(C)/C=C(\C#N)C(=O)Nc1cccc(Nc2ncc(F)c(-c3ccccc3)n2)c1. The Hall–Kier alpha value is -4.09. The van der Waals surface area contributed by atoms with Crippen LogP contribution in [0.4, 0.5) is 21.7 Å². The van der Waals surface area contributed by atoms with Crippen LogP contribution in [0.1, 0.15) is 13.8 Å². The molecule has 1 heterocycles. The number of halogens is 1. The summed E-state index contributed by atoms with van der Waals surface area (Å²) in [6.07, 6.45) is 2.74. The van der Waals surface area contributed by atoms with Crippen molar-refractivity contribution in [3.8, 4) is 17.3 Å². The van der Waals surface area contributed by atoms with Gasteiger partial charge in [-0.15, -0.1) is 0 Å². The van der Waals surface area contributed by atoms with E-state index in [9.17, 15) is 14.4 Å². The third kappa shape index (κ3) is 5.99. The highest BCUT2D eigenvalue weighted by atomic mass is 19.1. The molecule has 0 atom stereocenters. The van der Waals surface area contributed by atoms with Gasteiger partial charge in [-0.1, -0.05) is 36.4 Å². The molecule has 1 amide bonds. The first-order valence-electron chi connectivity index (χ1n) is 10.3. The van der Waals surface area contributed by atoms with E-state index in [2.05, 4.69) is 20.6 Å². The minimum atomic E-state index is -0.524. The Bertz CT molecular complexity index is 1220. The molecule has 0 radical (unpaired) electrons. The first-order valence-corrected chi connectivity index (χ1v) is 10.3. The highest BCUT2D eigenvalue weighted by Crippen LogP contribution is 2.24. The second kappa shape index (κ2) is 10.0. The highest BCUT2D eigenvalue weighted by Gasteiger charge is 2.21. The Morgan fingerprint density at radius 1 is 1.12 bits per heavy atom. The smallest absolute Gasteiger partial charge is 0.266 e. The van der Waals surface area contributed by atoms with E-state index in [1.54, 1.807) is 54.6 Å². The van der Waals surface area contributed by atoms with E-state index in [1.165, 1.54) is 0 Å². The van der Waals surface area contributed by atoms with Crippen LogP contribution in [0.15, 0.2) is 72.4 Å². The van der Waals surface area contributed by atoms with Crippen molar-refractivity contribution in [1.82, 2.24) is 14.9 Å². The van der Waals surface area contributed by atoms with Gasteiger partial charge in [0.2, 0.25) is 5.95 Å². The molecule has 0 saturated carbocycles. The first-order chi connectivity index (χ1) is 15.7. The van der Waals surface area contributed by atoms with Crippen molar-refractivity contribution >= 4 is 23.2 Å². The molecule has 0 fully saturated rings. The van der Waals surface area contributed by atoms with Crippen molar-refractivity contribution in [2.75, 3.05) is 24.7 Å². The number of aromatic nitrogens is 2. The summed E-state index contributed by atoms with van der Waals surface area (Å²) in [6.45, 7) is 3.82. The number of nitriles is 1. The number of carbonyl (C=O) groups excluding carboxylic acids is 1. The zero-order valence-corrected chi connectivity index (χ0v) is 18.9. The van der Waals surface area contributed by atoms with E-state index >= 15 is 0 Å². The lowest BCUT2D eigenvalue weighted by molar-refractivity contribution is -0.112. The lowest BCUT2D eigenvalue weighted by Crippen LogP contribution is -2.37. The van der Waals surface area contributed by atoms with Crippen LogP contribution in [0.5, 0.6) is 0 Å². The third-order valence-electron chi connectivity index (χ3n) is 5.18. The van der Waals surface area contributed by atoms with Crippen LogP contribution in [-0.4, -0.2) is 40.4 Å². The summed E-state index contributed by atoms with van der Waals surface area (Å²) in [5, 5.41) is 15.2. The van der Waals surface area contributed by atoms with Gasteiger partial charge >= 0.3 is 0 Å². The topological polar surface area (TPSA) is 93.9 Å². The first kappa shape index (κ1) is 23.6. The second-order valence-electron chi connectivity index (χ2n) is 8.13. The highest BCUT2D eigenvalue weighted by molar-refractivity contribution is 6.06. The number of carbonyl (C=O) groups is 1. The van der Waals surface area contributed by atoms with Crippen molar-refractivity contribution in [1.29, 1.82) is 5.26 Å². The maximum Gasteiger partial charge on any atom is 0.266 e. The van der Waals surface area contributed by atoms with Crippen LogP contribution in [0.3, 0.4) is 0 Å². The van der Waals surface area contributed by atoms with E-state index in [0.717, 1.165) is 6.20 Å². The molecule has 0 saturated heterocycles. The molecule has 0 spiro atoms. The normalized spacial score (nSPS) is 11.7. The molecule has 0 bridgehead atoms. The molecule has 3 aromatic rings. The number of rotatable bonds is 7. The minimum absolute atomic E-state index is 0.0152. The van der Waals surface area contributed by atoms with Crippen molar-refractivity contribution < 1.29 is 9.18 Å². The number of hydrogen-bond acceptors (Lipinski definition) is 6. The zero-order valence-electron chi connectivity index (χ0n) is 18.9. The Morgan fingerprint density at radius 2 is 1.82 bits per heavy atom. The molecule has 0 aliphatic carbocycles. The lowest BCUT2D eigenvalue weighted by atomic mass is 10.00. The van der Waals surface area contributed by atoms with Gasteiger partial charge in [0.25, 0.3) is 5.91 Å². The molecule has 8 heteroatoms. The number of nitrogens with one attached hydrogen (secondary N) is 2. The fourth-order valence-corrected chi connectivity index (χ4v) is 2.86. The van der Waals surface area contributed by atoms with Gasteiger partial charge in [0.15, 0.2) is 5.82 Å². The van der Waals surface area contributed by atoms with Crippen LogP contribution >= 0.6 is 0 Å². The molecule has 2 aromatic carbocycles. The monoisotopic (exact) mass is 444 g/mol. The molecule has 0 aliphatic rings. The van der Waals surface area contributed by atoms with Gasteiger partial charge in [-0.05, 0) is 52.2 Å². The largest absolute Gasteiger partial charge is 0.324 e.